The van der Waals surface area contributed by atoms with Crippen LogP contribution in [0.1, 0.15) is 44.7 Å². The lowest BCUT2D eigenvalue weighted by atomic mass is 10.0. The summed E-state index contributed by atoms with van der Waals surface area (Å²) in [4.78, 5) is 18.2. The van der Waals surface area contributed by atoms with E-state index in [0.717, 1.165) is 19.4 Å². The van der Waals surface area contributed by atoms with Crippen molar-refractivity contribution < 1.29 is 4.79 Å². The smallest absolute Gasteiger partial charge is 0.223 e. The van der Waals surface area contributed by atoms with E-state index in [0.29, 0.717) is 18.2 Å². The van der Waals surface area contributed by atoms with Crippen molar-refractivity contribution in [1.29, 1.82) is 0 Å². The van der Waals surface area contributed by atoms with E-state index < -0.39 is 0 Å². The van der Waals surface area contributed by atoms with Crippen molar-refractivity contribution in [3.8, 4) is 0 Å². The van der Waals surface area contributed by atoms with Gasteiger partial charge in [-0.2, -0.15) is 0 Å². The summed E-state index contributed by atoms with van der Waals surface area (Å²) in [7, 11) is 0. The molecule has 1 saturated heterocycles. The molecule has 17 heavy (non-hydrogen) atoms. The van der Waals surface area contributed by atoms with Gasteiger partial charge in [-0.1, -0.05) is 13.8 Å². The topological polar surface area (TPSA) is 33.2 Å². The highest BCUT2D eigenvalue weighted by molar-refractivity contribution is 5.77. The number of aromatic nitrogens is 1. The van der Waals surface area contributed by atoms with Gasteiger partial charge >= 0.3 is 0 Å². The van der Waals surface area contributed by atoms with Crippen molar-refractivity contribution in [1.82, 2.24) is 9.88 Å². The van der Waals surface area contributed by atoms with Crippen LogP contribution in [0.25, 0.3) is 0 Å². The summed E-state index contributed by atoms with van der Waals surface area (Å²) in [5, 5.41) is 0. The molecule has 1 aliphatic rings. The Morgan fingerprint density at radius 2 is 2.18 bits per heavy atom. The molecule has 3 heteroatoms. The first kappa shape index (κ1) is 12.1. The largest absolute Gasteiger partial charge is 0.336 e. The highest BCUT2D eigenvalue weighted by Crippen LogP contribution is 2.32. The SMILES string of the molecule is CC(C)CC(=O)N1CCC[C@H]1c1ccncc1. The van der Waals surface area contributed by atoms with Crippen molar-refractivity contribution in [3.05, 3.63) is 30.1 Å². The molecule has 2 heterocycles. The van der Waals surface area contributed by atoms with Crippen LogP contribution in [0.4, 0.5) is 0 Å². The molecule has 0 spiro atoms. The summed E-state index contributed by atoms with van der Waals surface area (Å²) in [5.74, 6) is 0.723. The van der Waals surface area contributed by atoms with E-state index in [4.69, 9.17) is 0 Å². The highest BCUT2D eigenvalue weighted by atomic mass is 16.2. The molecule has 1 aromatic heterocycles. The number of nitrogens with zero attached hydrogens (tertiary/aromatic N) is 2. The first-order valence-electron chi connectivity index (χ1n) is 6.38. The van der Waals surface area contributed by atoms with Gasteiger partial charge in [0, 0.05) is 25.4 Å². The van der Waals surface area contributed by atoms with Gasteiger partial charge in [0.15, 0.2) is 0 Å². The van der Waals surface area contributed by atoms with Gasteiger partial charge in [-0.05, 0) is 36.5 Å². The Labute approximate surface area is 103 Å². The molecule has 1 atom stereocenters. The van der Waals surface area contributed by atoms with Crippen LogP contribution >= 0.6 is 0 Å². The lowest BCUT2D eigenvalue weighted by Gasteiger charge is -2.25. The van der Waals surface area contributed by atoms with Crippen LogP contribution in [0.2, 0.25) is 0 Å². The van der Waals surface area contributed by atoms with E-state index in [-0.39, 0.29) is 6.04 Å². The second kappa shape index (κ2) is 5.30. The molecule has 0 saturated carbocycles. The summed E-state index contributed by atoms with van der Waals surface area (Å²) < 4.78 is 0. The van der Waals surface area contributed by atoms with Gasteiger partial charge < -0.3 is 4.90 Å². The predicted molar refractivity (Wildman–Crippen MR) is 67.4 cm³/mol. The Hall–Kier alpha value is -1.38. The van der Waals surface area contributed by atoms with Crippen LogP contribution < -0.4 is 0 Å². The molecule has 0 aromatic carbocycles. The quantitative estimate of drug-likeness (QED) is 0.803. The molecule has 0 unspecified atom stereocenters. The van der Waals surface area contributed by atoms with Gasteiger partial charge in [0.25, 0.3) is 0 Å². The molecule has 1 amide bonds. The maximum atomic E-state index is 12.1. The van der Waals surface area contributed by atoms with Crippen LogP contribution in [-0.2, 0) is 4.79 Å². The number of amides is 1. The van der Waals surface area contributed by atoms with E-state index in [1.54, 1.807) is 12.4 Å². The van der Waals surface area contributed by atoms with Gasteiger partial charge in [0.05, 0.1) is 6.04 Å². The number of hydrogen-bond donors (Lipinski definition) is 0. The predicted octanol–water partition coefficient (Wildman–Crippen LogP) is 2.79. The zero-order chi connectivity index (χ0) is 12.3. The van der Waals surface area contributed by atoms with E-state index >= 15 is 0 Å². The monoisotopic (exact) mass is 232 g/mol. The second-order valence-electron chi connectivity index (χ2n) is 5.12. The lowest BCUT2D eigenvalue weighted by molar-refractivity contribution is -0.132. The third-order valence-corrected chi connectivity index (χ3v) is 3.25. The number of carbonyl (C=O) groups excluding carboxylic acids is 1. The number of rotatable bonds is 3. The normalized spacial score (nSPS) is 19.9. The van der Waals surface area contributed by atoms with E-state index in [1.165, 1.54) is 5.56 Å². The minimum atomic E-state index is 0.268. The van der Waals surface area contributed by atoms with Gasteiger partial charge in [-0.25, -0.2) is 0 Å². The zero-order valence-corrected chi connectivity index (χ0v) is 10.6. The first-order chi connectivity index (χ1) is 8.18. The van der Waals surface area contributed by atoms with Crippen LogP contribution in [0.3, 0.4) is 0 Å². The van der Waals surface area contributed by atoms with E-state index in [1.807, 2.05) is 17.0 Å². The average Bonchev–Trinajstić information content (AvgIpc) is 2.78. The third kappa shape index (κ3) is 2.84. The molecule has 0 radical (unpaired) electrons. The van der Waals surface area contributed by atoms with Gasteiger partial charge in [0.1, 0.15) is 0 Å². The van der Waals surface area contributed by atoms with Crippen LogP contribution in [-0.4, -0.2) is 22.3 Å². The number of likely N-dealkylation sites (tertiary alicyclic amines) is 1. The van der Waals surface area contributed by atoms with E-state index in [2.05, 4.69) is 18.8 Å². The van der Waals surface area contributed by atoms with Gasteiger partial charge in [0.2, 0.25) is 5.91 Å². The standard InChI is InChI=1S/C14H20N2O/c1-11(2)10-14(17)16-9-3-4-13(16)12-5-7-15-8-6-12/h5-8,11,13H,3-4,9-10H2,1-2H3/t13-/m0/s1. The fraction of sp³-hybridized carbons (Fsp3) is 0.571. The fourth-order valence-electron chi connectivity index (χ4n) is 2.46. The molecule has 2 rings (SSSR count). The molecule has 92 valence electrons. The summed E-state index contributed by atoms with van der Waals surface area (Å²) in [5.41, 5.74) is 1.22. The molecule has 1 aromatic rings. The molecular weight excluding hydrogens is 212 g/mol. The Kier molecular flexibility index (Phi) is 3.77. The average molecular weight is 232 g/mol. The first-order valence-corrected chi connectivity index (χ1v) is 6.38. The Morgan fingerprint density at radius 1 is 1.47 bits per heavy atom. The van der Waals surface area contributed by atoms with Crippen LogP contribution in [0.5, 0.6) is 0 Å². The van der Waals surface area contributed by atoms with E-state index in [9.17, 15) is 4.79 Å². The minimum absolute atomic E-state index is 0.268. The number of pyridine rings is 1. The zero-order valence-electron chi connectivity index (χ0n) is 10.6. The summed E-state index contributed by atoms with van der Waals surface area (Å²) >= 11 is 0. The van der Waals surface area contributed by atoms with Gasteiger partial charge in [-0.15, -0.1) is 0 Å². The van der Waals surface area contributed by atoms with Crippen molar-refractivity contribution in [2.75, 3.05) is 6.54 Å². The van der Waals surface area contributed by atoms with Crippen LogP contribution in [0, 0.1) is 5.92 Å². The Bertz CT molecular complexity index is 375. The fourth-order valence-corrected chi connectivity index (χ4v) is 2.46. The summed E-state index contributed by atoms with van der Waals surface area (Å²) in [6, 6.07) is 4.31. The summed E-state index contributed by atoms with van der Waals surface area (Å²) in [6.07, 6.45) is 6.45. The maximum Gasteiger partial charge on any atom is 0.223 e. The number of carbonyl (C=O) groups is 1. The minimum Gasteiger partial charge on any atom is -0.336 e. The molecule has 1 fully saturated rings. The highest BCUT2D eigenvalue weighted by Gasteiger charge is 2.29. The van der Waals surface area contributed by atoms with Crippen molar-refractivity contribution in [2.24, 2.45) is 5.92 Å². The Balaban J connectivity index is 2.10. The lowest BCUT2D eigenvalue weighted by Crippen LogP contribution is -2.31. The third-order valence-electron chi connectivity index (χ3n) is 3.25. The van der Waals surface area contributed by atoms with Gasteiger partial charge in [-0.3, -0.25) is 9.78 Å². The molecule has 0 aliphatic carbocycles. The maximum absolute atomic E-state index is 12.1. The molecule has 0 N–H and O–H groups in total. The van der Waals surface area contributed by atoms with Crippen molar-refractivity contribution in [3.63, 3.8) is 0 Å². The van der Waals surface area contributed by atoms with Crippen LogP contribution in [0.15, 0.2) is 24.5 Å². The molecule has 3 nitrogen and oxygen atoms in total. The Morgan fingerprint density at radius 3 is 2.82 bits per heavy atom. The number of hydrogen-bond acceptors (Lipinski definition) is 2. The molecular formula is C14H20N2O. The second-order valence-corrected chi connectivity index (χ2v) is 5.12. The molecule has 0 bridgehead atoms. The summed E-state index contributed by atoms with van der Waals surface area (Å²) in [6.45, 7) is 5.09. The van der Waals surface area contributed by atoms with Crippen molar-refractivity contribution in [2.45, 2.75) is 39.2 Å². The van der Waals surface area contributed by atoms with Crippen molar-refractivity contribution >= 4 is 5.91 Å². The molecule has 1 aliphatic heterocycles.